The number of hydrogen-bond acceptors (Lipinski definition) is 4. The largest absolute Gasteiger partial charge is 0.545 e. The number of benzene rings is 2. The number of aromatic carboxylic acids is 1. The van der Waals surface area contributed by atoms with Crippen molar-refractivity contribution in [2.24, 2.45) is 0 Å². The highest BCUT2D eigenvalue weighted by atomic mass is 16.4. The SMILES string of the molecule is O=C(CNC(=O)c1ccccc1C(=O)[O-])Nc1ccccc1. The zero-order chi connectivity index (χ0) is 15.9. The van der Waals surface area contributed by atoms with Crippen molar-refractivity contribution in [1.82, 2.24) is 5.32 Å². The van der Waals surface area contributed by atoms with Gasteiger partial charge in [-0.15, -0.1) is 0 Å². The van der Waals surface area contributed by atoms with Crippen LogP contribution in [0.15, 0.2) is 54.6 Å². The van der Waals surface area contributed by atoms with Gasteiger partial charge >= 0.3 is 0 Å². The molecule has 2 aromatic rings. The van der Waals surface area contributed by atoms with E-state index in [1.165, 1.54) is 24.3 Å². The van der Waals surface area contributed by atoms with Crippen LogP contribution in [0.2, 0.25) is 0 Å². The molecule has 2 amide bonds. The van der Waals surface area contributed by atoms with E-state index in [9.17, 15) is 19.5 Å². The molecule has 0 bridgehead atoms. The van der Waals surface area contributed by atoms with Crippen molar-refractivity contribution in [1.29, 1.82) is 0 Å². The number of anilines is 1. The molecule has 0 atom stereocenters. The number of carbonyl (C=O) groups excluding carboxylic acids is 3. The minimum atomic E-state index is -1.44. The Hall–Kier alpha value is -3.15. The van der Waals surface area contributed by atoms with Gasteiger partial charge in [0.25, 0.3) is 5.91 Å². The van der Waals surface area contributed by atoms with Gasteiger partial charge in [0.05, 0.1) is 12.5 Å². The summed E-state index contributed by atoms with van der Waals surface area (Å²) in [5.41, 5.74) is 0.343. The monoisotopic (exact) mass is 297 g/mol. The molecule has 0 saturated carbocycles. The second kappa shape index (κ2) is 7.03. The van der Waals surface area contributed by atoms with E-state index in [2.05, 4.69) is 10.6 Å². The third-order valence-corrected chi connectivity index (χ3v) is 2.86. The van der Waals surface area contributed by atoms with E-state index in [1.54, 1.807) is 24.3 Å². The van der Waals surface area contributed by atoms with Gasteiger partial charge in [0.2, 0.25) is 5.91 Å². The lowest BCUT2D eigenvalue weighted by molar-refractivity contribution is -0.255. The zero-order valence-corrected chi connectivity index (χ0v) is 11.5. The first-order valence-corrected chi connectivity index (χ1v) is 6.51. The molecule has 6 heteroatoms. The van der Waals surface area contributed by atoms with E-state index in [1.807, 2.05) is 6.07 Å². The van der Waals surface area contributed by atoms with Crippen LogP contribution >= 0.6 is 0 Å². The van der Waals surface area contributed by atoms with Gasteiger partial charge in [0, 0.05) is 16.8 Å². The number of carboxylic acids is 1. The Morgan fingerprint density at radius 2 is 1.45 bits per heavy atom. The second-order valence-electron chi connectivity index (χ2n) is 4.43. The van der Waals surface area contributed by atoms with Crippen molar-refractivity contribution < 1.29 is 19.5 Å². The average molecular weight is 297 g/mol. The first kappa shape index (κ1) is 15.2. The van der Waals surface area contributed by atoms with Gasteiger partial charge in [0.15, 0.2) is 0 Å². The summed E-state index contributed by atoms with van der Waals surface area (Å²) in [6, 6.07) is 14.4. The van der Waals surface area contributed by atoms with Crippen LogP contribution in [0.1, 0.15) is 20.7 Å². The minimum Gasteiger partial charge on any atom is -0.545 e. The molecule has 0 aliphatic rings. The molecule has 2 aromatic carbocycles. The first-order valence-electron chi connectivity index (χ1n) is 6.51. The highest BCUT2D eigenvalue weighted by molar-refractivity contribution is 6.05. The third kappa shape index (κ3) is 3.92. The third-order valence-electron chi connectivity index (χ3n) is 2.86. The van der Waals surface area contributed by atoms with Gasteiger partial charge in [0.1, 0.15) is 0 Å². The van der Waals surface area contributed by atoms with E-state index in [0.29, 0.717) is 5.69 Å². The molecule has 0 radical (unpaired) electrons. The quantitative estimate of drug-likeness (QED) is 0.835. The van der Waals surface area contributed by atoms with Crippen molar-refractivity contribution in [2.75, 3.05) is 11.9 Å². The summed E-state index contributed by atoms with van der Waals surface area (Å²) in [6.45, 7) is -0.269. The van der Waals surface area contributed by atoms with Crippen LogP contribution in [0.5, 0.6) is 0 Å². The Morgan fingerprint density at radius 3 is 2.09 bits per heavy atom. The molecule has 0 fully saturated rings. The molecule has 0 aliphatic heterocycles. The lowest BCUT2D eigenvalue weighted by Gasteiger charge is -2.10. The van der Waals surface area contributed by atoms with Crippen molar-refractivity contribution in [3.8, 4) is 0 Å². The van der Waals surface area contributed by atoms with Gasteiger partial charge in [-0.1, -0.05) is 36.4 Å². The summed E-state index contributed by atoms with van der Waals surface area (Å²) in [5.74, 6) is -2.51. The summed E-state index contributed by atoms with van der Waals surface area (Å²) < 4.78 is 0. The minimum absolute atomic E-state index is 0.0463. The molecule has 6 nitrogen and oxygen atoms in total. The van der Waals surface area contributed by atoms with Crippen LogP contribution in [0, 0.1) is 0 Å². The maximum Gasteiger partial charge on any atom is 0.252 e. The highest BCUT2D eigenvalue weighted by Crippen LogP contribution is 2.08. The Morgan fingerprint density at radius 1 is 0.864 bits per heavy atom. The molecule has 2 rings (SSSR count). The summed E-state index contributed by atoms with van der Waals surface area (Å²) in [6.07, 6.45) is 0. The zero-order valence-electron chi connectivity index (χ0n) is 11.5. The summed E-state index contributed by atoms with van der Waals surface area (Å²) in [5, 5.41) is 15.9. The number of rotatable bonds is 5. The van der Waals surface area contributed by atoms with Crippen LogP contribution in [-0.2, 0) is 4.79 Å². The fourth-order valence-electron chi connectivity index (χ4n) is 1.84. The Bertz CT molecular complexity index is 698. The molecule has 22 heavy (non-hydrogen) atoms. The topological polar surface area (TPSA) is 98.3 Å². The van der Waals surface area contributed by atoms with Gasteiger partial charge < -0.3 is 20.5 Å². The standard InChI is InChI=1S/C16H14N2O4/c19-14(18-11-6-2-1-3-7-11)10-17-15(20)12-8-4-5-9-13(12)16(21)22/h1-9H,10H2,(H,17,20)(H,18,19)(H,21,22)/p-1. The molecule has 0 aliphatic carbocycles. The molecule has 0 aromatic heterocycles. The number of amides is 2. The van der Waals surface area contributed by atoms with Gasteiger partial charge in [-0.3, -0.25) is 9.59 Å². The molecular formula is C16H13N2O4-. The van der Waals surface area contributed by atoms with Crippen LogP contribution in [0.4, 0.5) is 5.69 Å². The van der Waals surface area contributed by atoms with Gasteiger partial charge in [-0.05, 0) is 18.2 Å². The Balaban J connectivity index is 1.96. The number of hydrogen-bond donors (Lipinski definition) is 2. The molecule has 2 N–H and O–H groups in total. The van der Waals surface area contributed by atoms with E-state index in [4.69, 9.17) is 0 Å². The van der Waals surface area contributed by atoms with Gasteiger partial charge in [-0.25, -0.2) is 0 Å². The maximum atomic E-state index is 11.9. The highest BCUT2D eigenvalue weighted by Gasteiger charge is 2.12. The Labute approximate surface area is 126 Å². The summed E-state index contributed by atoms with van der Waals surface area (Å²) in [4.78, 5) is 34.6. The number of nitrogens with one attached hydrogen (secondary N) is 2. The fourth-order valence-corrected chi connectivity index (χ4v) is 1.84. The number of para-hydroxylation sites is 1. The molecular weight excluding hydrogens is 284 g/mol. The Kier molecular flexibility index (Phi) is 4.87. The molecule has 0 spiro atoms. The van der Waals surface area contributed by atoms with Crippen molar-refractivity contribution in [2.45, 2.75) is 0 Å². The lowest BCUT2D eigenvalue weighted by atomic mass is 10.1. The number of carboxylic acid groups (broad SMARTS) is 1. The smallest absolute Gasteiger partial charge is 0.252 e. The molecule has 112 valence electrons. The lowest BCUT2D eigenvalue weighted by Crippen LogP contribution is -2.34. The second-order valence-corrected chi connectivity index (χ2v) is 4.43. The van der Waals surface area contributed by atoms with E-state index in [-0.39, 0.29) is 17.7 Å². The van der Waals surface area contributed by atoms with Gasteiger partial charge in [-0.2, -0.15) is 0 Å². The first-order chi connectivity index (χ1) is 10.6. The molecule has 0 saturated heterocycles. The predicted molar refractivity (Wildman–Crippen MR) is 78.2 cm³/mol. The van der Waals surface area contributed by atoms with Crippen molar-refractivity contribution in [3.05, 3.63) is 65.7 Å². The molecule has 0 unspecified atom stereocenters. The van der Waals surface area contributed by atoms with E-state index >= 15 is 0 Å². The van der Waals surface area contributed by atoms with Crippen LogP contribution in [0.25, 0.3) is 0 Å². The van der Waals surface area contributed by atoms with Crippen LogP contribution in [-0.4, -0.2) is 24.3 Å². The predicted octanol–water partition coefficient (Wildman–Crippen LogP) is 0.419. The summed E-state index contributed by atoms with van der Waals surface area (Å²) >= 11 is 0. The van der Waals surface area contributed by atoms with E-state index in [0.717, 1.165) is 0 Å². The van der Waals surface area contributed by atoms with E-state index < -0.39 is 17.8 Å². The normalized spacial score (nSPS) is 9.82. The fraction of sp³-hybridized carbons (Fsp3) is 0.0625. The number of carbonyl (C=O) groups is 3. The van der Waals surface area contributed by atoms with Crippen molar-refractivity contribution >= 4 is 23.5 Å². The van der Waals surface area contributed by atoms with Crippen molar-refractivity contribution in [3.63, 3.8) is 0 Å². The average Bonchev–Trinajstić information content (AvgIpc) is 2.53. The summed E-state index contributed by atoms with van der Waals surface area (Å²) in [7, 11) is 0. The van der Waals surface area contributed by atoms with Crippen LogP contribution in [0.3, 0.4) is 0 Å². The maximum absolute atomic E-state index is 11.9. The van der Waals surface area contributed by atoms with Crippen LogP contribution < -0.4 is 15.7 Å². The molecule has 0 heterocycles.